The topological polar surface area (TPSA) is 123 Å². The normalized spacial score (nSPS) is 11.8. The molecule has 0 atom stereocenters. The predicted molar refractivity (Wildman–Crippen MR) is 231 cm³/mol. The molecule has 0 fully saturated rings. The van der Waals surface area contributed by atoms with Crippen molar-refractivity contribution in [3.8, 4) is 0 Å². The number of aliphatic hydroxyl groups is 2. The molecule has 0 aliphatic rings. The van der Waals surface area contributed by atoms with Crippen LogP contribution in [0.2, 0.25) is 0 Å². The monoisotopic (exact) mass is 794 g/mol. The lowest BCUT2D eigenvalue weighted by Gasteiger charge is -2.21. The lowest BCUT2D eigenvalue weighted by Crippen LogP contribution is -2.32. The third-order valence-corrected chi connectivity index (χ3v) is 10.1. The Morgan fingerprint density at radius 3 is 1.16 bits per heavy atom. The van der Waals surface area contributed by atoms with E-state index in [0.717, 1.165) is 64.2 Å². The maximum atomic E-state index is 12.7. The van der Waals surface area contributed by atoms with Crippen molar-refractivity contribution in [2.75, 3.05) is 46.1 Å². The van der Waals surface area contributed by atoms with Crippen molar-refractivity contribution in [3.05, 3.63) is 24.3 Å². The summed E-state index contributed by atoms with van der Waals surface area (Å²) in [5.74, 6) is -1.15. The van der Waals surface area contributed by atoms with E-state index in [1.54, 1.807) is 0 Å². The van der Waals surface area contributed by atoms with Crippen molar-refractivity contribution in [2.45, 2.75) is 213 Å². The second-order valence-electron chi connectivity index (χ2n) is 15.5. The SMILES string of the molecule is CCCCCCCC/C=C\CCCCCCCC(=O)OCC(COC(=O)CCCCCCC/C=C\CCCCCCCC)OC(=O)CCCN(CCO)CCO. The van der Waals surface area contributed by atoms with Crippen LogP contribution in [-0.2, 0) is 28.6 Å². The third-order valence-electron chi connectivity index (χ3n) is 10.1. The van der Waals surface area contributed by atoms with Crippen LogP contribution in [-0.4, -0.2) is 85.2 Å². The lowest BCUT2D eigenvalue weighted by molar-refractivity contribution is -0.167. The van der Waals surface area contributed by atoms with Crippen LogP contribution in [0.1, 0.15) is 206 Å². The van der Waals surface area contributed by atoms with Crippen molar-refractivity contribution in [3.63, 3.8) is 0 Å². The number of aliphatic hydroxyl groups excluding tert-OH is 2. The van der Waals surface area contributed by atoms with Crippen LogP contribution in [0.15, 0.2) is 24.3 Å². The fourth-order valence-corrected chi connectivity index (χ4v) is 6.62. The Balaban J connectivity index is 4.38. The molecule has 0 aliphatic heterocycles. The Morgan fingerprint density at radius 2 is 0.786 bits per heavy atom. The van der Waals surface area contributed by atoms with Crippen molar-refractivity contribution < 1.29 is 38.8 Å². The smallest absolute Gasteiger partial charge is 0.306 e. The highest BCUT2D eigenvalue weighted by Crippen LogP contribution is 2.13. The van der Waals surface area contributed by atoms with Gasteiger partial charge in [0.15, 0.2) is 6.10 Å². The summed E-state index contributed by atoms with van der Waals surface area (Å²) in [6.45, 7) is 5.48. The molecule has 0 aromatic carbocycles. The van der Waals surface area contributed by atoms with Gasteiger partial charge in [0.2, 0.25) is 0 Å². The summed E-state index contributed by atoms with van der Waals surface area (Å²) in [6, 6.07) is 0. The van der Waals surface area contributed by atoms with E-state index < -0.39 is 12.1 Å². The van der Waals surface area contributed by atoms with E-state index >= 15 is 0 Å². The first kappa shape index (κ1) is 53.8. The predicted octanol–water partition coefficient (Wildman–Crippen LogP) is 11.1. The molecule has 0 spiro atoms. The van der Waals surface area contributed by atoms with E-state index in [9.17, 15) is 24.6 Å². The van der Waals surface area contributed by atoms with Gasteiger partial charge in [-0.1, -0.05) is 141 Å². The van der Waals surface area contributed by atoms with E-state index in [-0.39, 0.29) is 44.8 Å². The molecule has 0 saturated heterocycles. The van der Waals surface area contributed by atoms with Gasteiger partial charge >= 0.3 is 17.9 Å². The number of hydrogen-bond donors (Lipinski definition) is 2. The van der Waals surface area contributed by atoms with Gasteiger partial charge in [-0.2, -0.15) is 0 Å². The van der Waals surface area contributed by atoms with E-state index in [2.05, 4.69) is 38.2 Å². The van der Waals surface area contributed by atoms with Gasteiger partial charge in [0.05, 0.1) is 13.2 Å². The molecule has 0 rings (SSSR count). The van der Waals surface area contributed by atoms with Gasteiger partial charge in [-0.05, 0) is 77.2 Å². The first-order valence-electron chi connectivity index (χ1n) is 23.2. The van der Waals surface area contributed by atoms with Gasteiger partial charge in [0.1, 0.15) is 13.2 Å². The molecule has 0 aromatic rings. The largest absolute Gasteiger partial charge is 0.462 e. The molecular formula is C47H87NO8. The zero-order valence-electron chi connectivity index (χ0n) is 36.3. The minimum atomic E-state index is -0.871. The Labute approximate surface area is 343 Å². The number of unbranched alkanes of at least 4 members (excludes halogenated alkanes) is 22. The van der Waals surface area contributed by atoms with E-state index in [1.807, 2.05) is 4.90 Å². The highest BCUT2D eigenvalue weighted by atomic mass is 16.6. The fourth-order valence-electron chi connectivity index (χ4n) is 6.62. The Hall–Kier alpha value is -2.23. The summed E-state index contributed by atoms with van der Waals surface area (Å²) in [4.78, 5) is 39.6. The van der Waals surface area contributed by atoms with Crippen molar-refractivity contribution in [1.29, 1.82) is 0 Å². The van der Waals surface area contributed by atoms with Crippen molar-refractivity contribution in [1.82, 2.24) is 4.90 Å². The summed E-state index contributed by atoms with van der Waals surface area (Å²) in [6.07, 6.45) is 40.4. The fraction of sp³-hybridized carbons (Fsp3) is 0.851. The van der Waals surface area contributed by atoms with Gasteiger partial charge in [-0.15, -0.1) is 0 Å². The van der Waals surface area contributed by atoms with Crippen LogP contribution in [0.5, 0.6) is 0 Å². The third kappa shape index (κ3) is 40.0. The maximum absolute atomic E-state index is 12.7. The number of nitrogens with zero attached hydrogens (tertiary/aromatic N) is 1. The first-order valence-corrected chi connectivity index (χ1v) is 23.2. The molecule has 2 N–H and O–H groups in total. The molecule has 0 bridgehead atoms. The molecule has 9 nitrogen and oxygen atoms in total. The molecular weight excluding hydrogens is 707 g/mol. The number of carbonyl (C=O) groups is 3. The van der Waals surface area contributed by atoms with Crippen LogP contribution in [0.3, 0.4) is 0 Å². The van der Waals surface area contributed by atoms with Gasteiger partial charge in [-0.25, -0.2) is 0 Å². The van der Waals surface area contributed by atoms with Crippen LogP contribution in [0.4, 0.5) is 0 Å². The lowest BCUT2D eigenvalue weighted by atomic mass is 10.1. The van der Waals surface area contributed by atoms with E-state index in [4.69, 9.17) is 14.2 Å². The van der Waals surface area contributed by atoms with E-state index in [1.165, 1.54) is 103 Å². The minimum absolute atomic E-state index is 0.0305. The quantitative estimate of drug-likeness (QED) is 0.0269. The molecule has 0 aromatic heterocycles. The summed E-state index contributed by atoms with van der Waals surface area (Å²) < 4.78 is 16.5. The molecule has 0 aliphatic carbocycles. The second kappa shape index (κ2) is 43.9. The van der Waals surface area contributed by atoms with E-state index in [0.29, 0.717) is 38.9 Å². The summed E-state index contributed by atoms with van der Waals surface area (Å²) in [5, 5.41) is 18.5. The van der Waals surface area contributed by atoms with Gasteiger partial charge in [0, 0.05) is 32.4 Å². The van der Waals surface area contributed by atoms with Gasteiger partial charge in [-0.3, -0.25) is 19.3 Å². The van der Waals surface area contributed by atoms with Crippen molar-refractivity contribution in [2.24, 2.45) is 0 Å². The Kier molecular flexibility index (Phi) is 42.1. The van der Waals surface area contributed by atoms with Crippen LogP contribution in [0.25, 0.3) is 0 Å². The van der Waals surface area contributed by atoms with Crippen LogP contribution < -0.4 is 0 Å². The van der Waals surface area contributed by atoms with Gasteiger partial charge in [0.25, 0.3) is 0 Å². The Morgan fingerprint density at radius 1 is 0.446 bits per heavy atom. The molecule has 56 heavy (non-hydrogen) atoms. The first-order chi connectivity index (χ1) is 27.5. The maximum Gasteiger partial charge on any atom is 0.306 e. The molecule has 328 valence electrons. The highest BCUT2D eigenvalue weighted by Gasteiger charge is 2.20. The standard InChI is InChI=1S/C47H87NO8/c1-3-5-7-9-11-13-15-17-19-21-23-25-27-29-31-34-45(51)54-42-44(56-47(53)36-33-37-48(38-40-49)39-41-50)43-55-46(52)35-32-30-28-26-24-22-20-18-16-14-12-10-8-6-4-2/h17-20,44,49-50H,3-16,21-43H2,1-2H3/b19-17-,20-18-. The number of hydrogen-bond acceptors (Lipinski definition) is 9. The highest BCUT2D eigenvalue weighted by molar-refractivity contribution is 5.71. The molecule has 9 heteroatoms. The van der Waals surface area contributed by atoms with Crippen molar-refractivity contribution >= 4 is 17.9 Å². The Bertz CT molecular complexity index is 877. The van der Waals surface area contributed by atoms with Crippen LogP contribution in [0, 0.1) is 0 Å². The summed E-state index contributed by atoms with van der Waals surface area (Å²) >= 11 is 0. The number of ether oxygens (including phenoxy) is 3. The number of esters is 3. The zero-order chi connectivity index (χ0) is 41.0. The summed E-state index contributed by atoms with van der Waals surface area (Å²) in [7, 11) is 0. The summed E-state index contributed by atoms with van der Waals surface area (Å²) in [5.41, 5.74) is 0. The van der Waals surface area contributed by atoms with Gasteiger partial charge < -0.3 is 24.4 Å². The molecule has 0 radical (unpaired) electrons. The number of rotatable bonds is 43. The average molecular weight is 794 g/mol. The van der Waals surface area contributed by atoms with Crippen LogP contribution >= 0.6 is 0 Å². The second-order valence-corrected chi connectivity index (χ2v) is 15.5. The molecule has 0 unspecified atom stereocenters. The number of allylic oxidation sites excluding steroid dienone is 4. The molecule has 0 saturated carbocycles. The molecule has 0 heterocycles. The average Bonchev–Trinajstić information content (AvgIpc) is 3.19. The molecule has 0 amide bonds. The minimum Gasteiger partial charge on any atom is -0.462 e. The number of carbonyl (C=O) groups excluding carboxylic acids is 3. The zero-order valence-corrected chi connectivity index (χ0v) is 36.3.